The second-order valence-electron chi connectivity index (χ2n) is 5.84. The maximum atomic E-state index is 12.3. The first kappa shape index (κ1) is 20.3. The first-order valence-corrected chi connectivity index (χ1v) is 9.41. The standard InChI is InChI=1S/C22H17BrN2O4/c1-28-20-10-6-5-9-18(20)21(26)25-24-14-16-13-17(23)11-12-19(16)29-22(27)15-7-3-2-4-8-15/h2-14H,1H3,(H,25,26)/b24-14+. The number of benzene rings is 3. The molecule has 3 aromatic carbocycles. The number of nitrogens with zero attached hydrogens (tertiary/aromatic N) is 1. The second kappa shape index (κ2) is 9.66. The van der Waals surface area contributed by atoms with Gasteiger partial charge in [0.2, 0.25) is 0 Å². The number of rotatable bonds is 6. The summed E-state index contributed by atoms with van der Waals surface area (Å²) in [5, 5.41) is 3.98. The smallest absolute Gasteiger partial charge is 0.343 e. The van der Waals surface area contributed by atoms with Crippen LogP contribution in [0.3, 0.4) is 0 Å². The molecular weight excluding hydrogens is 436 g/mol. The van der Waals surface area contributed by atoms with Crippen LogP contribution in [0, 0.1) is 0 Å². The third-order valence-electron chi connectivity index (χ3n) is 3.91. The van der Waals surface area contributed by atoms with Crippen molar-refractivity contribution in [3.05, 3.63) is 94.0 Å². The van der Waals surface area contributed by atoms with E-state index in [4.69, 9.17) is 9.47 Å². The number of amides is 1. The van der Waals surface area contributed by atoms with Crippen molar-refractivity contribution in [2.24, 2.45) is 5.10 Å². The number of esters is 1. The van der Waals surface area contributed by atoms with Gasteiger partial charge in [-0.25, -0.2) is 10.2 Å². The van der Waals surface area contributed by atoms with Crippen molar-refractivity contribution in [3.63, 3.8) is 0 Å². The first-order chi connectivity index (χ1) is 14.1. The van der Waals surface area contributed by atoms with Crippen molar-refractivity contribution in [1.29, 1.82) is 0 Å². The van der Waals surface area contributed by atoms with E-state index >= 15 is 0 Å². The van der Waals surface area contributed by atoms with Crippen LogP contribution in [0.2, 0.25) is 0 Å². The van der Waals surface area contributed by atoms with Crippen LogP contribution in [-0.4, -0.2) is 25.2 Å². The average Bonchev–Trinajstić information content (AvgIpc) is 2.76. The zero-order valence-electron chi connectivity index (χ0n) is 15.5. The number of hydrogen-bond acceptors (Lipinski definition) is 5. The van der Waals surface area contributed by atoms with Gasteiger partial charge < -0.3 is 9.47 Å². The SMILES string of the molecule is COc1ccccc1C(=O)N/N=C/c1cc(Br)ccc1OC(=O)c1ccccc1. The minimum Gasteiger partial charge on any atom is -0.496 e. The minimum absolute atomic E-state index is 0.317. The van der Waals surface area contributed by atoms with Crippen molar-refractivity contribution in [3.8, 4) is 11.5 Å². The summed E-state index contributed by atoms with van der Waals surface area (Å²) in [5.74, 6) is -0.144. The molecule has 0 aromatic heterocycles. The topological polar surface area (TPSA) is 77.0 Å². The molecule has 1 N–H and O–H groups in total. The van der Waals surface area contributed by atoms with Crippen molar-refractivity contribution in [2.75, 3.05) is 7.11 Å². The summed E-state index contributed by atoms with van der Waals surface area (Å²) < 4.78 is 11.4. The normalized spacial score (nSPS) is 10.6. The highest BCUT2D eigenvalue weighted by molar-refractivity contribution is 9.10. The fourth-order valence-corrected chi connectivity index (χ4v) is 2.88. The zero-order valence-corrected chi connectivity index (χ0v) is 17.0. The fourth-order valence-electron chi connectivity index (χ4n) is 2.50. The van der Waals surface area contributed by atoms with Gasteiger partial charge in [-0.15, -0.1) is 0 Å². The Labute approximate surface area is 176 Å². The van der Waals surface area contributed by atoms with E-state index in [1.54, 1.807) is 66.7 Å². The van der Waals surface area contributed by atoms with Crippen LogP contribution in [0.15, 0.2) is 82.4 Å². The van der Waals surface area contributed by atoms with Crippen molar-refractivity contribution in [1.82, 2.24) is 5.43 Å². The van der Waals surface area contributed by atoms with Gasteiger partial charge in [0.15, 0.2) is 0 Å². The largest absolute Gasteiger partial charge is 0.496 e. The van der Waals surface area contributed by atoms with Gasteiger partial charge in [0.25, 0.3) is 5.91 Å². The molecule has 1 amide bonds. The number of carbonyl (C=O) groups excluding carboxylic acids is 2. The molecule has 0 unspecified atom stereocenters. The van der Waals surface area contributed by atoms with Crippen LogP contribution in [0.4, 0.5) is 0 Å². The Balaban J connectivity index is 1.75. The molecule has 0 atom stereocenters. The van der Waals surface area contributed by atoms with Crippen LogP contribution in [0.1, 0.15) is 26.3 Å². The lowest BCUT2D eigenvalue weighted by Gasteiger charge is -2.08. The van der Waals surface area contributed by atoms with Crippen LogP contribution >= 0.6 is 15.9 Å². The molecule has 0 saturated heterocycles. The number of para-hydroxylation sites is 1. The molecule has 146 valence electrons. The summed E-state index contributed by atoms with van der Waals surface area (Å²) in [6.45, 7) is 0. The van der Waals surface area contributed by atoms with E-state index in [2.05, 4.69) is 26.5 Å². The van der Waals surface area contributed by atoms with E-state index in [0.29, 0.717) is 28.2 Å². The van der Waals surface area contributed by atoms with Crippen LogP contribution < -0.4 is 14.9 Å². The predicted molar refractivity (Wildman–Crippen MR) is 114 cm³/mol. The summed E-state index contributed by atoms with van der Waals surface area (Å²) >= 11 is 3.38. The molecule has 0 bridgehead atoms. The number of carbonyl (C=O) groups is 2. The van der Waals surface area contributed by atoms with Crippen molar-refractivity contribution < 1.29 is 19.1 Å². The lowest BCUT2D eigenvalue weighted by atomic mass is 10.2. The molecule has 0 aliphatic carbocycles. The van der Waals surface area contributed by atoms with Crippen LogP contribution in [-0.2, 0) is 0 Å². The molecule has 0 aliphatic rings. The van der Waals surface area contributed by atoms with Crippen LogP contribution in [0.5, 0.6) is 11.5 Å². The zero-order chi connectivity index (χ0) is 20.6. The third kappa shape index (κ3) is 5.30. The Morgan fingerprint density at radius 2 is 1.69 bits per heavy atom. The number of nitrogens with one attached hydrogen (secondary N) is 1. The van der Waals surface area contributed by atoms with E-state index < -0.39 is 11.9 Å². The molecule has 0 saturated carbocycles. The molecule has 0 fully saturated rings. The molecule has 0 spiro atoms. The Morgan fingerprint density at radius 1 is 0.966 bits per heavy atom. The monoisotopic (exact) mass is 452 g/mol. The Bertz CT molecular complexity index is 1050. The van der Waals surface area contributed by atoms with E-state index in [1.165, 1.54) is 13.3 Å². The summed E-state index contributed by atoms with van der Waals surface area (Å²) in [4.78, 5) is 24.7. The van der Waals surface area contributed by atoms with E-state index in [9.17, 15) is 9.59 Å². The minimum atomic E-state index is -0.486. The summed E-state index contributed by atoms with van der Waals surface area (Å²) in [6.07, 6.45) is 1.41. The van der Waals surface area contributed by atoms with Crippen LogP contribution in [0.25, 0.3) is 0 Å². The van der Waals surface area contributed by atoms with E-state index in [-0.39, 0.29) is 0 Å². The lowest BCUT2D eigenvalue weighted by molar-refractivity contribution is 0.0734. The van der Waals surface area contributed by atoms with Gasteiger partial charge in [-0.2, -0.15) is 5.10 Å². The quantitative estimate of drug-likeness (QED) is 0.259. The molecule has 0 radical (unpaired) electrons. The molecule has 0 heterocycles. The van der Waals surface area contributed by atoms with Gasteiger partial charge in [0, 0.05) is 10.0 Å². The van der Waals surface area contributed by atoms with Gasteiger partial charge in [0.05, 0.1) is 24.5 Å². The summed E-state index contributed by atoms with van der Waals surface area (Å²) in [6, 6.07) is 20.6. The fraction of sp³-hybridized carbons (Fsp3) is 0.0455. The summed E-state index contributed by atoms with van der Waals surface area (Å²) in [7, 11) is 1.49. The van der Waals surface area contributed by atoms with Gasteiger partial charge >= 0.3 is 5.97 Å². The Morgan fingerprint density at radius 3 is 2.45 bits per heavy atom. The van der Waals surface area contributed by atoms with Gasteiger partial charge in [-0.3, -0.25) is 4.79 Å². The molecule has 7 heteroatoms. The molecule has 29 heavy (non-hydrogen) atoms. The highest BCUT2D eigenvalue weighted by Crippen LogP contribution is 2.23. The lowest BCUT2D eigenvalue weighted by Crippen LogP contribution is -2.18. The van der Waals surface area contributed by atoms with Gasteiger partial charge in [-0.1, -0.05) is 46.3 Å². The molecule has 3 aromatic rings. The average molecular weight is 453 g/mol. The highest BCUT2D eigenvalue weighted by atomic mass is 79.9. The number of halogens is 1. The summed E-state index contributed by atoms with van der Waals surface area (Å²) in [5.41, 5.74) is 3.76. The number of ether oxygens (including phenoxy) is 2. The molecule has 0 aliphatic heterocycles. The van der Waals surface area contributed by atoms with Gasteiger partial charge in [-0.05, 0) is 42.5 Å². The third-order valence-corrected chi connectivity index (χ3v) is 4.40. The van der Waals surface area contributed by atoms with E-state index in [0.717, 1.165) is 4.47 Å². The Kier molecular flexibility index (Phi) is 6.76. The Hall–Kier alpha value is -3.45. The first-order valence-electron chi connectivity index (χ1n) is 8.61. The number of hydrazone groups is 1. The number of methoxy groups -OCH3 is 1. The molecule has 3 rings (SSSR count). The second-order valence-corrected chi connectivity index (χ2v) is 6.75. The van der Waals surface area contributed by atoms with Crippen molar-refractivity contribution >= 4 is 34.0 Å². The maximum Gasteiger partial charge on any atom is 0.343 e. The molecule has 6 nitrogen and oxygen atoms in total. The molecular formula is C22H17BrN2O4. The highest BCUT2D eigenvalue weighted by Gasteiger charge is 2.12. The predicted octanol–water partition coefficient (Wildman–Crippen LogP) is 4.44. The number of hydrogen-bond donors (Lipinski definition) is 1. The van der Waals surface area contributed by atoms with Gasteiger partial charge in [0.1, 0.15) is 11.5 Å². The van der Waals surface area contributed by atoms with E-state index in [1.807, 2.05) is 6.07 Å². The van der Waals surface area contributed by atoms with Crippen molar-refractivity contribution in [2.45, 2.75) is 0 Å². The maximum absolute atomic E-state index is 12.3.